The van der Waals surface area contributed by atoms with Gasteiger partial charge in [-0.15, -0.1) is 0 Å². The summed E-state index contributed by atoms with van der Waals surface area (Å²) in [6.07, 6.45) is 0.356. The molecule has 6 nitrogen and oxygen atoms in total. The number of aromatic nitrogens is 3. The Bertz CT molecular complexity index is 761. The molecule has 1 aliphatic heterocycles. The van der Waals surface area contributed by atoms with Crippen LogP contribution in [0.4, 0.5) is 6.01 Å². The van der Waals surface area contributed by atoms with Crippen LogP contribution in [-0.2, 0) is 6.42 Å². The number of aliphatic hydroxyl groups excluding tert-OH is 1. The number of aliphatic hydroxyl groups is 1. The Kier molecular flexibility index (Phi) is 3.11. The zero-order valence-electron chi connectivity index (χ0n) is 12.4. The summed E-state index contributed by atoms with van der Waals surface area (Å²) in [5.41, 5.74) is 3.65. The minimum absolute atomic E-state index is 0.137. The minimum atomic E-state index is -0.396. The minimum Gasteiger partial charge on any atom is -0.423 e. The first-order valence-electron chi connectivity index (χ1n) is 7.48. The second-order valence-corrected chi connectivity index (χ2v) is 5.94. The molecule has 1 saturated heterocycles. The molecular weight excluding hydrogens is 280 g/mol. The summed E-state index contributed by atoms with van der Waals surface area (Å²) in [7, 11) is 0. The van der Waals surface area contributed by atoms with Gasteiger partial charge in [-0.3, -0.25) is 5.10 Å². The van der Waals surface area contributed by atoms with Crippen LogP contribution in [0.25, 0.3) is 11.1 Å². The van der Waals surface area contributed by atoms with Gasteiger partial charge in [-0.2, -0.15) is 10.1 Å². The van der Waals surface area contributed by atoms with Gasteiger partial charge in [0, 0.05) is 24.7 Å². The Morgan fingerprint density at radius 1 is 1.36 bits per heavy atom. The van der Waals surface area contributed by atoms with Crippen molar-refractivity contribution in [3.8, 4) is 0 Å². The topological polar surface area (TPSA) is 78.2 Å². The first-order chi connectivity index (χ1) is 10.7. The maximum absolute atomic E-state index is 10.3. The lowest BCUT2D eigenvalue weighted by Crippen LogP contribution is -2.21. The van der Waals surface area contributed by atoms with Crippen molar-refractivity contribution in [1.29, 1.82) is 0 Å². The average Bonchev–Trinajstić information content (AvgIpc) is 3.19. The number of fused-ring (bicyclic) bond motifs is 1. The molecular formula is C16H18N4O2. The molecule has 0 bridgehead atoms. The zero-order valence-corrected chi connectivity index (χ0v) is 12.4. The number of benzene rings is 1. The van der Waals surface area contributed by atoms with E-state index >= 15 is 0 Å². The molecule has 6 heteroatoms. The monoisotopic (exact) mass is 298 g/mol. The third kappa shape index (κ3) is 2.35. The van der Waals surface area contributed by atoms with E-state index in [2.05, 4.69) is 15.2 Å². The van der Waals surface area contributed by atoms with Gasteiger partial charge in [0.2, 0.25) is 0 Å². The van der Waals surface area contributed by atoms with Crippen molar-refractivity contribution in [2.75, 3.05) is 18.0 Å². The van der Waals surface area contributed by atoms with Gasteiger partial charge in [-0.1, -0.05) is 12.1 Å². The summed E-state index contributed by atoms with van der Waals surface area (Å²) >= 11 is 0. The van der Waals surface area contributed by atoms with Crippen molar-refractivity contribution < 1.29 is 9.52 Å². The molecule has 22 heavy (non-hydrogen) atoms. The Morgan fingerprint density at radius 3 is 3.00 bits per heavy atom. The summed E-state index contributed by atoms with van der Waals surface area (Å²) in [6, 6.07) is 10.3. The number of hydrogen-bond acceptors (Lipinski definition) is 5. The molecule has 1 fully saturated rings. The van der Waals surface area contributed by atoms with E-state index in [4.69, 9.17) is 4.42 Å². The third-order valence-electron chi connectivity index (χ3n) is 4.19. The number of nitrogens with zero attached hydrogens (tertiary/aromatic N) is 3. The average molecular weight is 298 g/mol. The van der Waals surface area contributed by atoms with Gasteiger partial charge in [-0.05, 0) is 31.5 Å². The van der Waals surface area contributed by atoms with Crippen LogP contribution in [0.5, 0.6) is 0 Å². The molecule has 3 aromatic rings. The number of H-pyrrole nitrogens is 1. The highest BCUT2D eigenvalue weighted by atomic mass is 16.4. The van der Waals surface area contributed by atoms with Crippen LogP contribution in [0, 0.1) is 12.8 Å². The Labute approximate surface area is 127 Å². The highest BCUT2D eigenvalue weighted by molar-refractivity contribution is 5.74. The summed E-state index contributed by atoms with van der Waals surface area (Å²) in [4.78, 5) is 6.51. The zero-order chi connectivity index (χ0) is 15.1. The molecule has 2 N–H and O–H groups in total. The first kappa shape index (κ1) is 13.3. The van der Waals surface area contributed by atoms with Crippen LogP contribution in [0.3, 0.4) is 0 Å². The maximum atomic E-state index is 10.3. The van der Waals surface area contributed by atoms with E-state index in [0.717, 1.165) is 35.5 Å². The van der Waals surface area contributed by atoms with E-state index in [1.54, 1.807) is 0 Å². The lowest BCUT2D eigenvalue weighted by atomic mass is 10.0. The van der Waals surface area contributed by atoms with Gasteiger partial charge in [0.05, 0.1) is 11.8 Å². The smallest absolute Gasteiger partial charge is 0.298 e. The van der Waals surface area contributed by atoms with Crippen molar-refractivity contribution in [1.82, 2.24) is 15.2 Å². The quantitative estimate of drug-likeness (QED) is 0.772. The molecule has 0 amide bonds. The van der Waals surface area contributed by atoms with E-state index in [1.807, 2.05) is 42.2 Å². The molecule has 2 atom stereocenters. The highest BCUT2D eigenvalue weighted by Crippen LogP contribution is 2.28. The Balaban J connectivity index is 1.52. The number of anilines is 1. The van der Waals surface area contributed by atoms with E-state index < -0.39 is 6.10 Å². The number of aromatic amines is 1. The van der Waals surface area contributed by atoms with E-state index in [9.17, 15) is 5.11 Å². The SMILES string of the molecule is Cc1cc(C[C@@H]2CN(c3nc4ccccc4o3)C[C@H]2O)n[nH]1. The van der Waals surface area contributed by atoms with Crippen LogP contribution >= 0.6 is 0 Å². The summed E-state index contributed by atoms with van der Waals surface area (Å²) < 4.78 is 5.78. The molecule has 4 rings (SSSR count). The Hall–Kier alpha value is -2.34. The van der Waals surface area contributed by atoms with Gasteiger partial charge in [0.25, 0.3) is 6.01 Å². The standard InChI is InChI=1S/C16H18N4O2/c1-10-6-12(19-18-10)7-11-8-20(9-14(11)21)16-17-13-4-2-3-5-15(13)22-16/h2-6,11,14,21H,7-9H2,1H3,(H,18,19)/t11-,14-/m1/s1. The van der Waals surface area contributed by atoms with Gasteiger partial charge in [0.15, 0.2) is 5.58 Å². The fourth-order valence-electron chi connectivity index (χ4n) is 3.05. The summed E-state index contributed by atoms with van der Waals surface area (Å²) in [5.74, 6) is 0.137. The number of aryl methyl sites for hydroxylation is 1. The number of nitrogens with one attached hydrogen (secondary N) is 1. The normalized spacial score (nSPS) is 21.8. The molecule has 0 spiro atoms. The number of rotatable bonds is 3. The van der Waals surface area contributed by atoms with Crippen LogP contribution in [-0.4, -0.2) is 39.5 Å². The molecule has 0 aliphatic carbocycles. The molecule has 2 aromatic heterocycles. The van der Waals surface area contributed by atoms with Crippen molar-refractivity contribution in [2.45, 2.75) is 19.4 Å². The largest absolute Gasteiger partial charge is 0.423 e. The van der Waals surface area contributed by atoms with E-state index in [-0.39, 0.29) is 5.92 Å². The van der Waals surface area contributed by atoms with Gasteiger partial charge in [0.1, 0.15) is 5.52 Å². The number of hydrogen-bond donors (Lipinski definition) is 2. The van der Waals surface area contributed by atoms with Crippen molar-refractivity contribution in [3.63, 3.8) is 0 Å². The maximum Gasteiger partial charge on any atom is 0.298 e. The lowest BCUT2D eigenvalue weighted by Gasteiger charge is -2.12. The third-order valence-corrected chi connectivity index (χ3v) is 4.19. The summed E-state index contributed by atoms with van der Waals surface area (Å²) in [5, 5.41) is 17.5. The molecule has 3 heterocycles. The molecule has 114 valence electrons. The molecule has 1 aromatic carbocycles. The van der Waals surface area contributed by atoms with E-state index in [0.29, 0.717) is 12.6 Å². The van der Waals surface area contributed by atoms with Crippen molar-refractivity contribution >= 4 is 17.1 Å². The molecule has 0 unspecified atom stereocenters. The molecule has 0 saturated carbocycles. The van der Waals surface area contributed by atoms with Gasteiger partial charge >= 0.3 is 0 Å². The van der Waals surface area contributed by atoms with E-state index in [1.165, 1.54) is 0 Å². The summed E-state index contributed by atoms with van der Waals surface area (Å²) in [6.45, 7) is 3.24. The Morgan fingerprint density at radius 2 is 2.23 bits per heavy atom. The first-order valence-corrected chi connectivity index (χ1v) is 7.48. The predicted octanol–water partition coefficient (Wildman–Crippen LogP) is 1.90. The van der Waals surface area contributed by atoms with Crippen molar-refractivity contribution in [3.05, 3.63) is 41.7 Å². The number of para-hydroxylation sites is 2. The van der Waals surface area contributed by atoms with Crippen LogP contribution in [0.15, 0.2) is 34.7 Å². The van der Waals surface area contributed by atoms with Crippen LogP contribution in [0.2, 0.25) is 0 Å². The fraction of sp³-hybridized carbons (Fsp3) is 0.375. The van der Waals surface area contributed by atoms with Gasteiger partial charge < -0.3 is 14.4 Å². The number of oxazole rings is 1. The van der Waals surface area contributed by atoms with Crippen LogP contribution < -0.4 is 4.90 Å². The molecule has 0 radical (unpaired) electrons. The lowest BCUT2D eigenvalue weighted by molar-refractivity contribution is 0.147. The van der Waals surface area contributed by atoms with Crippen LogP contribution in [0.1, 0.15) is 11.4 Å². The second kappa shape index (κ2) is 5.14. The van der Waals surface area contributed by atoms with Crippen molar-refractivity contribution in [2.24, 2.45) is 5.92 Å². The highest BCUT2D eigenvalue weighted by Gasteiger charge is 2.34. The fourth-order valence-corrected chi connectivity index (χ4v) is 3.05. The predicted molar refractivity (Wildman–Crippen MR) is 82.7 cm³/mol. The second-order valence-electron chi connectivity index (χ2n) is 5.94. The molecule has 1 aliphatic rings. The van der Waals surface area contributed by atoms with Gasteiger partial charge in [-0.25, -0.2) is 0 Å². The number of β-amino-alcohol motifs (C(OH)–C–C–N with tert-alkyl or cyclic N) is 1.